The molecule has 0 amide bonds. The minimum Gasteiger partial charge on any atom is -0.0775 e. The number of rotatable bonds is 1. The van der Waals surface area contributed by atoms with E-state index in [2.05, 4.69) is 19.9 Å². The van der Waals surface area contributed by atoms with Crippen molar-refractivity contribution in [3.63, 3.8) is 0 Å². The molecule has 0 saturated heterocycles. The molecule has 0 radical (unpaired) electrons. The summed E-state index contributed by atoms with van der Waals surface area (Å²) in [6.07, 6.45) is 6.87. The fourth-order valence-electron chi connectivity index (χ4n) is 2.40. The van der Waals surface area contributed by atoms with E-state index in [0.717, 1.165) is 17.8 Å². The predicted octanol–water partition coefficient (Wildman–Crippen LogP) is 3.00. The van der Waals surface area contributed by atoms with Crippen molar-refractivity contribution in [3.05, 3.63) is 11.6 Å². The SMILES string of the molecule is CC1=CC1C1CCCC1C. The van der Waals surface area contributed by atoms with Crippen molar-refractivity contribution in [3.8, 4) is 0 Å². The lowest BCUT2D eigenvalue weighted by Gasteiger charge is -2.14. The first-order chi connectivity index (χ1) is 4.79. The maximum absolute atomic E-state index is 2.44. The van der Waals surface area contributed by atoms with Gasteiger partial charge in [-0.3, -0.25) is 0 Å². The van der Waals surface area contributed by atoms with Gasteiger partial charge in [-0.15, -0.1) is 0 Å². The summed E-state index contributed by atoms with van der Waals surface area (Å²) in [6, 6.07) is 0. The fraction of sp³-hybridized carbons (Fsp3) is 0.800. The molecule has 3 unspecified atom stereocenters. The van der Waals surface area contributed by atoms with E-state index in [1.165, 1.54) is 19.3 Å². The van der Waals surface area contributed by atoms with Crippen LogP contribution in [0.2, 0.25) is 0 Å². The first kappa shape index (κ1) is 6.45. The number of hydrogen-bond acceptors (Lipinski definition) is 0. The summed E-state index contributed by atoms with van der Waals surface area (Å²) in [5, 5.41) is 0. The van der Waals surface area contributed by atoms with Crippen LogP contribution in [0.1, 0.15) is 33.1 Å². The van der Waals surface area contributed by atoms with Crippen molar-refractivity contribution in [2.75, 3.05) is 0 Å². The molecule has 2 aliphatic rings. The molecule has 3 atom stereocenters. The quantitative estimate of drug-likeness (QED) is 0.486. The normalized spacial score (nSPS) is 45.4. The molecule has 1 fully saturated rings. The Morgan fingerprint density at radius 1 is 1.40 bits per heavy atom. The lowest BCUT2D eigenvalue weighted by Crippen LogP contribution is -2.07. The van der Waals surface area contributed by atoms with Gasteiger partial charge < -0.3 is 0 Å². The van der Waals surface area contributed by atoms with Crippen molar-refractivity contribution >= 4 is 0 Å². The van der Waals surface area contributed by atoms with E-state index < -0.39 is 0 Å². The Hall–Kier alpha value is -0.260. The molecule has 2 aliphatic carbocycles. The molecule has 0 heteroatoms. The van der Waals surface area contributed by atoms with Crippen molar-refractivity contribution in [2.24, 2.45) is 17.8 Å². The Labute approximate surface area is 63.3 Å². The Morgan fingerprint density at radius 3 is 2.50 bits per heavy atom. The monoisotopic (exact) mass is 136 g/mol. The fourth-order valence-corrected chi connectivity index (χ4v) is 2.40. The van der Waals surface area contributed by atoms with E-state index in [1.807, 2.05) is 0 Å². The highest BCUT2D eigenvalue weighted by molar-refractivity contribution is 5.28. The van der Waals surface area contributed by atoms with Crippen molar-refractivity contribution in [2.45, 2.75) is 33.1 Å². The van der Waals surface area contributed by atoms with E-state index in [-0.39, 0.29) is 0 Å². The van der Waals surface area contributed by atoms with Crippen molar-refractivity contribution in [1.29, 1.82) is 0 Å². The van der Waals surface area contributed by atoms with Crippen LogP contribution >= 0.6 is 0 Å². The number of allylic oxidation sites excluding steroid dienone is 2. The van der Waals surface area contributed by atoms with Gasteiger partial charge in [0, 0.05) is 5.92 Å². The molecule has 0 N–H and O–H groups in total. The van der Waals surface area contributed by atoms with Gasteiger partial charge >= 0.3 is 0 Å². The molecular formula is C10H16. The summed E-state index contributed by atoms with van der Waals surface area (Å²) >= 11 is 0. The second-order valence-corrected chi connectivity index (χ2v) is 4.01. The van der Waals surface area contributed by atoms with Crippen LogP contribution in [-0.2, 0) is 0 Å². The van der Waals surface area contributed by atoms with Gasteiger partial charge in [-0.25, -0.2) is 0 Å². The van der Waals surface area contributed by atoms with E-state index in [0.29, 0.717) is 0 Å². The minimum absolute atomic E-state index is 0.928. The van der Waals surface area contributed by atoms with Crippen molar-refractivity contribution < 1.29 is 0 Å². The van der Waals surface area contributed by atoms with Gasteiger partial charge in [-0.2, -0.15) is 0 Å². The largest absolute Gasteiger partial charge is 0.0775 e. The van der Waals surface area contributed by atoms with E-state index >= 15 is 0 Å². The summed E-state index contributed by atoms with van der Waals surface area (Å²) in [6.45, 7) is 4.69. The summed E-state index contributed by atoms with van der Waals surface area (Å²) in [5.41, 5.74) is 1.65. The summed E-state index contributed by atoms with van der Waals surface area (Å²) in [5.74, 6) is 2.95. The first-order valence-electron chi connectivity index (χ1n) is 4.47. The van der Waals surface area contributed by atoms with Crippen LogP contribution in [0.15, 0.2) is 11.6 Å². The molecule has 0 spiro atoms. The highest BCUT2D eigenvalue weighted by Crippen LogP contribution is 2.46. The molecule has 0 nitrogen and oxygen atoms in total. The molecule has 0 heterocycles. The Bertz CT molecular complexity index is 167. The molecule has 2 rings (SSSR count). The summed E-state index contributed by atoms with van der Waals surface area (Å²) in [7, 11) is 0. The van der Waals surface area contributed by atoms with Crippen LogP contribution in [0.4, 0.5) is 0 Å². The van der Waals surface area contributed by atoms with Gasteiger partial charge in [0.1, 0.15) is 0 Å². The highest BCUT2D eigenvalue weighted by atomic mass is 14.4. The summed E-state index contributed by atoms with van der Waals surface area (Å²) < 4.78 is 0. The third kappa shape index (κ3) is 0.902. The predicted molar refractivity (Wildman–Crippen MR) is 43.8 cm³/mol. The molecular weight excluding hydrogens is 120 g/mol. The number of hydrogen-bond donors (Lipinski definition) is 0. The lowest BCUT2D eigenvalue weighted by molar-refractivity contribution is 0.385. The van der Waals surface area contributed by atoms with Gasteiger partial charge in [-0.1, -0.05) is 31.4 Å². The Kier molecular flexibility index (Phi) is 1.36. The van der Waals surface area contributed by atoms with Gasteiger partial charge in [0.2, 0.25) is 0 Å². The van der Waals surface area contributed by atoms with Gasteiger partial charge in [0.25, 0.3) is 0 Å². The van der Waals surface area contributed by atoms with Crippen LogP contribution in [0, 0.1) is 17.8 Å². The molecule has 0 aliphatic heterocycles. The van der Waals surface area contributed by atoms with Crippen molar-refractivity contribution in [1.82, 2.24) is 0 Å². The maximum Gasteiger partial charge on any atom is 0.000780 e. The maximum atomic E-state index is 2.44. The van der Waals surface area contributed by atoms with Crippen LogP contribution in [0.3, 0.4) is 0 Å². The van der Waals surface area contributed by atoms with Crippen LogP contribution in [-0.4, -0.2) is 0 Å². The third-order valence-electron chi connectivity index (χ3n) is 3.25. The first-order valence-corrected chi connectivity index (χ1v) is 4.47. The second-order valence-electron chi connectivity index (χ2n) is 4.01. The van der Waals surface area contributed by atoms with Crippen LogP contribution < -0.4 is 0 Å². The molecule has 0 aromatic rings. The third-order valence-corrected chi connectivity index (χ3v) is 3.25. The molecule has 1 saturated carbocycles. The molecule has 0 bridgehead atoms. The zero-order chi connectivity index (χ0) is 7.14. The molecule has 10 heavy (non-hydrogen) atoms. The van der Waals surface area contributed by atoms with E-state index in [9.17, 15) is 0 Å². The van der Waals surface area contributed by atoms with Crippen LogP contribution in [0.25, 0.3) is 0 Å². The molecule has 0 aromatic heterocycles. The highest BCUT2D eigenvalue weighted by Gasteiger charge is 2.35. The second kappa shape index (κ2) is 2.11. The van der Waals surface area contributed by atoms with Gasteiger partial charge in [0.15, 0.2) is 0 Å². The molecule has 0 aromatic carbocycles. The average Bonchev–Trinajstić information content (AvgIpc) is 2.42. The molecule has 56 valence electrons. The van der Waals surface area contributed by atoms with E-state index in [1.54, 1.807) is 5.57 Å². The summed E-state index contributed by atoms with van der Waals surface area (Å²) in [4.78, 5) is 0. The standard InChI is InChI=1S/C10H16/c1-7-4-3-5-9(7)10-6-8(10)2/h6-7,9-10H,3-5H2,1-2H3. The van der Waals surface area contributed by atoms with E-state index in [4.69, 9.17) is 0 Å². The average molecular weight is 136 g/mol. The Balaban J connectivity index is 1.93. The lowest BCUT2D eigenvalue weighted by atomic mass is 9.91. The van der Waals surface area contributed by atoms with Gasteiger partial charge in [0.05, 0.1) is 0 Å². The van der Waals surface area contributed by atoms with Crippen LogP contribution in [0.5, 0.6) is 0 Å². The smallest absolute Gasteiger partial charge is 0.000780 e. The minimum atomic E-state index is 0.928. The zero-order valence-electron chi connectivity index (χ0n) is 6.93. The Morgan fingerprint density at radius 2 is 2.10 bits per heavy atom. The topological polar surface area (TPSA) is 0 Å². The van der Waals surface area contributed by atoms with Gasteiger partial charge in [-0.05, 0) is 25.2 Å². The zero-order valence-corrected chi connectivity index (χ0v) is 6.93.